The lowest BCUT2D eigenvalue weighted by atomic mass is 10.1. The summed E-state index contributed by atoms with van der Waals surface area (Å²) in [6.45, 7) is 7.60. The van der Waals surface area contributed by atoms with Gasteiger partial charge in [0.1, 0.15) is 11.5 Å². The highest BCUT2D eigenvalue weighted by Gasteiger charge is 2.20. The van der Waals surface area contributed by atoms with Crippen LogP contribution in [0.3, 0.4) is 0 Å². The second-order valence-electron chi connectivity index (χ2n) is 4.31. The van der Waals surface area contributed by atoms with E-state index in [9.17, 15) is 4.79 Å². The molecule has 1 aromatic rings. The zero-order chi connectivity index (χ0) is 13.0. The van der Waals surface area contributed by atoms with Gasteiger partial charge in [0.25, 0.3) is 5.91 Å². The number of hydrogen-bond acceptors (Lipinski definition) is 3. The molecule has 0 aliphatic heterocycles. The summed E-state index contributed by atoms with van der Waals surface area (Å²) in [4.78, 5) is 12.1. The third-order valence-corrected chi connectivity index (χ3v) is 3.09. The van der Waals surface area contributed by atoms with Crippen molar-refractivity contribution >= 4 is 5.91 Å². The molecule has 0 saturated carbocycles. The highest BCUT2D eigenvalue weighted by atomic mass is 16.3. The number of amides is 1. The van der Waals surface area contributed by atoms with Crippen LogP contribution >= 0.6 is 0 Å². The first kappa shape index (κ1) is 13.8. The minimum atomic E-state index is -0.114. The van der Waals surface area contributed by atoms with Crippen molar-refractivity contribution in [2.24, 2.45) is 0 Å². The molecule has 1 aromatic heterocycles. The third kappa shape index (κ3) is 3.09. The van der Waals surface area contributed by atoms with Crippen LogP contribution in [-0.2, 0) is 0 Å². The van der Waals surface area contributed by atoms with Crippen molar-refractivity contribution in [1.82, 2.24) is 5.32 Å². The minimum Gasteiger partial charge on any atom is -0.466 e. The zero-order valence-corrected chi connectivity index (χ0v) is 11.0. The molecule has 4 nitrogen and oxygen atoms in total. The molecule has 96 valence electrons. The van der Waals surface area contributed by atoms with Crippen LogP contribution in [0.4, 0.5) is 0 Å². The maximum absolute atomic E-state index is 12.1. The maximum atomic E-state index is 12.1. The second-order valence-corrected chi connectivity index (χ2v) is 4.31. The van der Waals surface area contributed by atoms with Gasteiger partial charge in [-0.2, -0.15) is 0 Å². The van der Waals surface area contributed by atoms with Gasteiger partial charge < -0.3 is 14.8 Å². The molecule has 0 aliphatic carbocycles. The van der Waals surface area contributed by atoms with Crippen LogP contribution < -0.4 is 5.32 Å². The topological polar surface area (TPSA) is 62.5 Å². The SMILES string of the molecule is CCC(CCO)NC(=O)c1c(C)oc(C)c1C. The van der Waals surface area contributed by atoms with E-state index >= 15 is 0 Å². The van der Waals surface area contributed by atoms with Crippen LogP contribution in [-0.4, -0.2) is 23.7 Å². The smallest absolute Gasteiger partial charge is 0.255 e. The van der Waals surface area contributed by atoms with E-state index in [-0.39, 0.29) is 18.6 Å². The van der Waals surface area contributed by atoms with Gasteiger partial charge in [0.2, 0.25) is 0 Å². The molecule has 0 bridgehead atoms. The fourth-order valence-electron chi connectivity index (χ4n) is 1.92. The Balaban J connectivity index is 2.82. The number of rotatable bonds is 5. The predicted molar refractivity (Wildman–Crippen MR) is 66.2 cm³/mol. The van der Waals surface area contributed by atoms with E-state index in [2.05, 4.69) is 5.32 Å². The number of nitrogens with one attached hydrogen (secondary N) is 1. The summed E-state index contributed by atoms with van der Waals surface area (Å²) >= 11 is 0. The zero-order valence-electron chi connectivity index (χ0n) is 11.0. The van der Waals surface area contributed by atoms with Crippen molar-refractivity contribution in [3.63, 3.8) is 0 Å². The summed E-state index contributed by atoms with van der Waals surface area (Å²) < 4.78 is 5.43. The fraction of sp³-hybridized carbons (Fsp3) is 0.615. The molecule has 1 unspecified atom stereocenters. The van der Waals surface area contributed by atoms with Crippen LogP contribution in [0.1, 0.15) is 47.2 Å². The van der Waals surface area contributed by atoms with E-state index in [1.54, 1.807) is 6.92 Å². The lowest BCUT2D eigenvalue weighted by molar-refractivity contribution is 0.0927. The van der Waals surface area contributed by atoms with Crippen LogP contribution in [0.25, 0.3) is 0 Å². The number of aryl methyl sites for hydroxylation is 2. The maximum Gasteiger partial charge on any atom is 0.255 e. The summed E-state index contributed by atoms with van der Waals surface area (Å²) in [6.07, 6.45) is 1.39. The minimum absolute atomic E-state index is 0.0153. The first-order valence-corrected chi connectivity index (χ1v) is 5.99. The monoisotopic (exact) mass is 239 g/mol. The lowest BCUT2D eigenvalue weighted by Gasteiger charge is -2.15. The van der Waals surface area contributed by atoms with E-state index in [0.29, 0.717) is 17.7 Å². The van der Waals surface area contributed by atoms with Crippen molar-refractivity contribution in [1.29, 1.82) is 0 Å². The van der Waals surface area contributed by atoms with Gasteiger partial charge in [-0.3, -0.25) is 4.79 Å². The largest absolute Gasteiger partial charge is 0.466 e. The average Bonchev–Trinajstić information content (AvgIpc) is 2.52. The van der Waals surface area contributed by atoms with Gasteiger partial charge in [-0.05, 0) is 33.6 Å². The van der Waals surface area contributed by atoms with Gasteiger partial charge in [0.05, 0.1) is 5.56 Å². The summed E-state index contributed by atoms with van der Waals surface area (Å²) in [6, 6.07) is 0.0153. The molecule has 17 heavy (non-hydrogen) atoms. The van der Waals surface area contributed by atoms with Crippen molar-refractivity contribution < 1.29 is 14.3 Å². The molecular weight excluding hydrogens is 218 g/mol. The second kappa shape index (κ2) is 5.87. The summed E-state index contributed by atoms with van der Waals surface area (Å²) in [5.74, 6) is 1.32. The van der Waals surface area contributed by atoms with Gasteiger partial charge in [-0.25, -0.2) is 0 Å². The molecule has 0 saturated heterocycles. The fourth-order valence-corrected chi connectivity index (χ4v) is 1.92. The normalized spacial score (nSPS) is 12.5. The first-order valence-electron chi connectivity index (χ1n) is 5.99. The Morgan fingerprint density at radius 1 is 1.35 bits per heavy atom. The molecule has 1 heterocycles. The van der Waals surface area contributed by atoms with Gasteiger partial charge in [-0.15, -0.1) is 0 Å². The van der Waals surface area contributed by atoms with Crippen LogP contribution in [0.2, 0.25) is 0 Å². The Bertz CT molecular complexity index is 396. The molecule has 0 fully saturated rings. The number of furan rings is 1. The molecule has 0 aliphatic rings. The Labute approximate surface area is 102 Å². The van der Waals surface area contributed by atoms with Crippen molar-refractivity contribution in [2.75, 3.05) is 6.61 Å². The third-order valence-electron chi connectivity index (χ3n) is 3.09. The van der Waals surface area contributed by atoms with Crippen LogP contribution in [0.15, 0.2) is 4.42 Å². The van der Waals surface area contributed by atoms with Crippen LogP contribution in [0.5, 0.6) is 0 Å². The Kier molecular flexibility index (Phi) is 4.75. The first-order chi connectivity index (χ1) is 8.01. The van der Waals surface area contributed by atoms with Gasteiger partial charge in [0, 0.05) is 18.2 Å². The molecule has 1 atom stereocenters. The van der Waals surface area contributed by atoms with Crippen molar-refractivity contribution in [2.45, 2.75) is 46.6 Å². The molecule has 0 spiro atoms. The van der Waals surface area contributed by atoms with Gasteiger partial charge in [0.15, 0.2) is 0 Å². The van der Waals surface area contributed by atoms with Gasteiger partial charge >= 0.3 is 0 Å². The average molecular weight is 239 g/mol. The lowest BCUT2D eigenvalue weighted by Crippen LogP contribution is -2.35. The number of carbonyl (C=O) groups is 1. The van der Waals surface area contributed by atoms with Crippen LogP contribution in [0, 0.1) is 20.8 Å². The molecule has 4 heteroatoms. The van der Waals surface area contributed by atoms with Gasteiger partial charge in [-0.1, -0.05) is 6.92 Å². The Morgan fingerprint density at radius 2 is 2.00 bits per heavy atom. The van der Waals surface area contributed by atoms with E-state index in [1.807, 2.05) is 20.8 Å². The number of hydrogen-bond donors (Lipinski definition) is 2. The Morgan fingerprint density at radius 3 is 2.41 bits per heavy atom. The highest BCUT2D eigenvalue weighted by Crippen LogP contribution is 2.20. The number of aliphatic hydroxyl groups excluding tert-OH is 1. The van der Waals surface area contributed by atoms with E-state index in [0.717, 1.165) is 17.7 Å². The van der Waals surface area contributed by atoms with Crippen molar-refractivity contribution in [3.05, 3.63) is 22.6 Å². The highest BCUT2D eigenvalue weighted by molar-refractivity contribution is 5.97. The van der Waals surface area contributed by atoms with E-state index < -0.39 is 0 Å². The molecule has 0 aromatic carbocycles. The molecule has 1 rings (SSSR count). The number of aliphatic hydroxyl groups is 1. The molecule has 2 N–H and O–H groups in total. The molecule has 0 radical (unpaired) electrons. The summed E-state index contributed by atoms with van der Waals surface area (Å²) in [5, 5.41) is 11.8. The predicted octanol–water partition coefficient (Wildman–Crippen LogP) is 2.10. The summed E-state index contributed by atoms with van der Waals surface area (Å²) in [5.41, 5.74) is 1.51. The Hall–Kier alpha value is -1.29. The standard InChI is InChI=1S/C13H21NO3/c1-5-11(6-7-15)14-13(16)12-8(2)9(3)17-10(12)4/h11,15H,5-7H2,1-4H3,(H,14,16). The summed E-state index contributed by atoms with van der Waals surface area (Å²) in [7, 11) is 0. The van der Waals surface area contributed by atoms with E-state index in [4.69, 9.17) is 9.52 Å². The quantitative estimate of drug-likeness (QED) is 0.827. The number of carbonyl (C=O) groups excluding carboxylic acids is 1. The molecule has 1 amide bonds. The molecular formula is C13H21NO3. The van der Waals surface area contributed by atoms with Crippen molar-refractivity contribution in [3.8, 4) is 0 Å². The van der Waals surface area contributed by atoms with E-state index in [1.165, 1.54) is 0 Å².